The number of amides is 3. The first-order valence-corrected chi connectivity index (χ1v) is 12.2. The summed E-state index contributed by atoms with van der Waals surface area (Å²) in [6.07, 6.45) is 1.35. The van der Waals surface area contributed by atoms with Gasteiger partial charge in [-0.2, -0.15) is 0 Å². The third kappa shape index (κ3) is 6.61. The van der Waals surface area contributed by atoms with Crippen molar-refractivity contribution in [2.24, 2.45) is 0 Å². The molecular weight excluding hydrogens is 470 g/mol. The highest BCUT2D eigenvalue weighted by Crippen LogP contribution is 2.33. The molecule has 0 unspecified atom stereocenters. The lowest BCUT2D eigenvalue weighted by atomic mass is 10.1. The number of carbonyl (C=O) groups excluding carboxylic acids is 3. The maximum atomic E-state index is 13.5. The van der Waals surface area contributed by atoms with Crippen LogP contribution in [0.3, 0.4) is 0 Å². The molecule has 0 aliphatic carbocycles. The van der Waals surface area contributed by atoms with E-state index in [-0.39, 0.29) is 31.2 Å². The molecule has 3 amide bonds. The van der Waals surface area contributed by atoms with Gasteiger partial charge < -0.3 is 15.3 Å². The summed E-state index contributed by atoms with van der Waals surface area (Å²) in [6.45, 7) is -0.672. The molecule has 1 aliphatic heterocycles. The minimum Gasteiger partial charge on any atom is -0.480 e. The number of carboxylic acids is 1. The van der Waals surface area contributed by atoms with Crippen molar-refractivity contribution in [1.82, 2.24) is 5.32 Å². The number of aliphatic carboxylic acids is 1. The lowest BCUT2D eigenvalue weighted by Gasteiger charge is -2.25. The molecule has 0 radical (unpaired) electrons. The minimum atomic E-state index is -1.19. The highest BCUT2D eigenvalue weighted by atomic mass is 16.4. The Bertz CT molecular complexity index is 1260. The fourth-order valence-corrected chi connectivity index (χ4v) is 4.43. The summed E-state index contributed by atoms with van der Waals surface area (Å²) in [5, 5.41) is 12.3. The van der Waals surface area contributed by atoms with E-state index in [0.717, 1.165) is 16.0 Å². The van der Waals surface area contributed by atoms with Gasteiger partial charge in [-0.1, -0.05) is 72.8 Å². The molecule has 8 nitrogen and oxygen atoms in total. The van der Waals surface area contributed by atoms with Crippen LogP contribution in [0.2, 0.25) is 0 Å². The Balaban J connectivity index is 1.57. The van der Waals surface area contributed by atoms with Crippen molar-refractivity contribution < 1.29 is 24.3 Å². The summed E-state index contributed by atoms with van der Waals surface area (Å²) in [5.74, 6) is -2.33. The molecule has 1 atom stereocenters. The number of hydrogen-bond donors (Lipinski definition) is 2. The van der Waals surface area contributed by atoms with E-state index in [9.17, 15) is 24.3 Å². The highest BCUT2D eigenvalue weighted by Gasteiger charge is 2.37. The molecule has 37 heavy (non-hydrogen) atoms. The Morgan fingerprint density at radius 1 is 0.784 bits per heavy atom. The van der Waals surface area contributed by atoms with Gasteiger partial charge in [-0.15, -0.1) is 0 Å². The van der Waals surface area contributed by atoms with Crippen LogP contribution >= 0.6 is 0 Å². The van der Waals surface area contributed by atoms with Crippen molar-refractivity contribution >= 4 is 35.1 Å². The topological polar surface area (TPSA) is 107 Å². The van der Waals surface area contributed by atoms with Crippen molar-refractivity contribution in [2.75, 3.05) is 22.9 Å². The number of nitrogens with one attached hydrogen (secondary N) is 1. The fourth-order valence-electron chi connectivity index (χ4n) is 4.43. The van der Waals surface area contributed by atoms with Crippen LogP contribution in [0.5, 0.6) is 0 Å². The number of anilines is 2. The Morgan fingerprint density at radius 2 is 1.32 bits per heavy atom. The van der Waals surface area contributed by atoms with E-state index in [0.29, 0.717) is 24.2 Å². The third-order valence-corrected chi connectivity index (χ3v) is 6.28. The summed E-state index contributed by atoms with van der Waals surface area (Å²) in [5.41, 5.74) is 2.76. The molecule has 1 aliphatic rings. The van der Waals surface area contributed by atoms with Crippen LogP contribution in [0.1, 0.15) is 24.0 Å². The van der Waals surface area contributed by atoms with Crippen LogP contribution < -0.4 is 15.1 Å². The average molecular weight is 500 g/mol. The third-order valence-electron chi connectivity index (χ3n) is 6.28. The largest absolute Gasteiger partial charge is 0.480 e. The number of para-hydroxylation sites is 2. The van der Waals surface area contributed by atoms with Crippen molar-refractivity contribution in [1.29, 1.82) is 0 Å². The maximum Gasteiger partial charge on any atom is 0.323 e. The van der Waals surface area contributed by atoms with E-state index in [2.05, 4.69) is 5.32 Å². The Hall–Kier alpha value is -4.46. The normalized spacial score (nSPS) is 15.0. The molecule has 2 N–H and O–H groups in total. The predicted molar refractivity (Wildman–Crippen MR) is 140 cm³/mol. The van der Waals surface area contributed by atoms with Crippen molar-refractivity contribution in [3.8, 4) is 0 Å². The lowest BCUT2D eigenvalue weighted by Crippen LogP contribution is -2.53. The number of aryl methyl sites for hydroxylation is 2. The number of benzene rings is 3. The number of hydrogen-bond acceptors (Lipinski definition) is 4. The zero-order chi connectivity index (χ0) is 26.2. The highest BCUT2D eigenvalue weighted by molar-refractivity contribution is 6.09. The van der Waals surface area contributed by atoms with E-state index in [1.807, 2.05) is 60.7 Å². The molecule has 1 heterocycles. The van der Waals surface area contributed by atoms with Crippen LogP contribution in [0.4, 0.5) is 11.4 Å². The van der Waals surface area contributed by atoms with E-state index in [4.69, 9.17) is 0 Å². The van der Waals surface area contributed by atoms with Crippen LogP contribution in [0.25, 0.3) is 0 Å². The molecule has 190 valence electrons. The van der Waals surface area contributed by atoms with E-state index >= 15 is 0 Å². The lowest BCUT2D eigenvalue weighted by molar-refractivity contribution is -0.137. The molecule has 0 bridgehead atoms. The standard InChI is InChI=1S/C29H29N3O5/c33-26(17-15-21-9-3-1-4-10-21)30-23-19-31(27(34)18-16-22-11-5-2-6-12-22)24-13-7-8-14-25(24)32(29(23)37)20-28(35)36/h1-14,23H,15-20H2,(H,30,33)(H,35,36)/t23-/m0/s1. The molecule has 3 aromatic carbocycles. The first kappa shape index (κ1) is 25.6. The number of carboxylic acid groups (broad SMARTS) is 1. The van der Waals surface area contributed by atoms with Crippen LogP contribution in [-0.4, -0.2) is 47.9 Å². The molecular formula is C29H29N3O5. The van der Waals surface area contributed by atoms with Crippen molar-refractivity contribution in [3.63, 3.8) is 0 Å². The summed E-state index contributed by atoms with van der Waals surface area (Å²) >= 11 is 0. The maximum absolute atomic E-state index is 13.5. The molecule has 0 saturated heterocycles. The Morgan fingerprint density at radius 3 is 1.92 bits per heavy atom. The van der Waals surface area contributed by atoms with Gasteiger partial charge >= 0.3 is 5.97 Å². The molecule has 0 spiro atoms. The first-order valence-electron chi connectivity index (χ1n) is 12.2. The van der Waals surface area contributed by atoms with Crippen molar-refractivity contribution in [2.45, 2.75) is 31.7 Å². The zero-order valence-corrected chi connectivity index (χ0v) is 20.4. The average Bonchev–Trinajstić information content (AvgIpc) is 3.02. The van der Waals surface area contributed by atoms with Gasteiger partial charge in [-0.3, -0.25) is 24.1 Å². The predicted octanol–water partition coefficient (Wildman–Crippen LogP) is 3.20. The second-order valence-corrected chi connectivity index (χ2v) is 8.90. The number of fused-ring (bicyclic) bond motifs is 1. The van der Waals surface area contributed by atoms with Crippen LogP contribution in [0, 0.1) is 0 Å². The summed E-state index contributed by atoms with van der Waals surface area (Å²) < 4.78 is 0. The monoisotopic (exact) mass is 499 g/mol. The molecule has 0 saturated carbocycles. The molecule has 0 fully saturated rings. The summed E-state index contributed by atoms with van der Waals surface area (Å²) in [6, 6.07) is 24.8. The van der Waals surface area contributed by atoms with Gasteiger partial charge in [0, 0.05) is 12.8 Å². The van der Waals surface area contributed by atoms with Gasteiger partial charge in [0.25, 0.3) is 5.91 Å². The Kier molecular flexibility index (Phi) is 8.30. The quantitative estimate of drug-likeness (QED) is 0.470. The molecule has 4 rings (SSSR count). The van der Waals surface area contributed by atoms with Gasteiger partial charge in [0.1, 0.15) is 12.6 Å². The Labute approximate surface area is 215 Å². The molecule has 8 heteroatoms. The zero-order valence-electron chi connectivity index (χ0n) is 20.4. The smallest absolute Gasteiger partial charge is 0.323 e. The summed E-state index contributed by atoms with van der Waals surface area (Å²) in [4.78, 5) is 54.0. The van der Waals surface area contributed by atoms with E-state index < -0.39 is 24.5 Å². The number of rotatable bonds is 9. The number of carbonyl (C=O) groups is 4. The van der Waals surface area contributed by atoms with Crippen molar-refractivity contribution in [3.05, 3.63) is 96.1 Å². The first-order chi connectivity index (χ1) is 17.9. The number of nitrogens with zero attached hydrogens (tertiary/aromatic N) is 2. The second-order valence-electron chi connectivity index (χ2n) is 8.90. The fraction of sp³-hybridized carbons (Fsp3) is 0.241. The van der Waals surface area contributed by atoms with Crippen LogP contribution in [-0.2, 0) is 32.0 Å². The van der Waals surface area contributed by atoms with E-state index in [1.54, 1.807) is 24.3 Å². The van der Waals surface area contributed by atoms with Gasteiger partial charge in [0.2, 0.25) is 11.8 Å². The molecule has 0 aromatic heterocycles. The van der Waals surface area contributed by atoms with Crippen LogP contribution in [0.15, 0.2) is 84.9 Å². The van der Waals surface area contributed by atoms with Gasteiger partial charge in [-0.25, -0.2) is 0 Å². The summed E-state index contributed by atoms with van der Waals surface area (Å²) in [7, 11) is 0. The minimum absolute atomic E-state index is 0.0866. The van der Waals surface area contributed by atoms with Gasteiger partial charge in [-0.05, 0) is 36.1 Å². The second kappa shape index (κ2) is 12.0. The molecule has 3 aromatic rings. The van der Waals surface area contributed by atoms with Gasteiger partial charge in [0.15, 0.2) is 0 Å². The SMILES string of the molecule is O=C(O)CN1C(=O)[C@@H](NC(=O)CCc2ccccc2)CN(C(=O)CCc2ccccc2)c2ccccc21. The van der Waals surface area contributed by atoms with E-state index in [1.165, 1.54) is 4.90 Å². The van der Waals surface area contributed by atoms with Gasteiger partial charge in [0.05, 0.1) is 17.9 Å².